The van der Waals surface area contributed by atoms with Gasteiger partial charge >= 0.3 is 0 Å². The number of piperidine rings is 1. The van der Waals surface area contributed by atoms with Crippen LogP contribution < -0.4 is 5.73 Å². The van der Waals surface area contributed by atoms with Crippen LogP contribution in [-0.2, 0) is 4.74 Å². The highest BCUT2D eigenvalue weighted by atomic mass is 16.5. The van der Waals surface area contributed by atoms with Crippen molar-refractivity contribution in [2.45, 2.75) is 57.7 Å². The molecule has 3 nitrogen and oxygen atoms in total. The molecular formula is C14H28N2O. The van der Waals surface area contributed by atoms with Gasteiger partial charge in [0.25, 0.3) is 0 Å². The first kappa shape index (κ1) is 13.3. The second kappa shape index (κ2) is 5.68. The van der Waals surface area contributed by atoms with Gasteiger partial charge in [-0.15, -0.1) is 0 Å². The number of methoxy groups -OCH3 is 1. The molecule has 1 heterocycles. The monoisotopic (exact) mass is 240 g/mol. The molecule has 2 aliphatic rings. The van der Waals surface area contributed by atoms with E-state index in [0.717, 1.165) is 12.5 Å². The summed E-state index contributed by atoms with van der Waals surface area (Å²) in [5.74, 6) is 1.52. The molecule has 1 aliphatic carbocycles. The van der Waals surface area contributed by atoms with Crippen LogP contribution in [0.25, 0.3) is 0 Å². The van der Waals surface area contributed by atoms with Gasteiger partial charge in [-0.3, -0.25) is 4.90 Å². The van der Waals surface area contributed by atoms with Crippen molar-refractivity contribution in [2.24, 2.45) is 17.6 Å². The lowest BCUT2D eigenvalue weighted by atomic mass is 9.81. The second-order valence-electron chi connectivity index (χ2n) is 6.18. The van der Waals surface area contributed by atoms with Crippen molar-refractivity contribution in [3.8, 4) is 0 Å². The molecule has 0 bridgehead atoms. The Hall–Kier alpha value is -0.120. The molecule has 17 heavy (non-hydrogen) atoms. The highest BCUT2D eigenvalue weighted by Crippen LogP contribution is 2.30. The van der Waals surface area contributed by atoms with E-state index in [1.54, 1.807) is 0 Å². The van der Waals surface area contributed by atoms with Crippen molar-refractivity contribution in [3.05, 3.63) is 0 Å². The third-order valence-electron chi connectivity index (χ3n) is 4.82. The Bertz CT molecular complexity index is 246. The zero-order chi connectivity index (χ0) is 12.4. The van der Waals surface area contributed by atoms with E-state index in [-0.39, 0.29) is 0 Å². The predicted octanol–water partition coefficient (Wildman–Crippen LogP) is 1.86. The molecule has 0 radical (unpaired) electrons. The van der Waals surface area contributed by atoms with Crippen molar-refractivity contribution < 1.29 is 4.74 Å². The van der Waals surface area contributed by atoms with Gasteiger partial charge in [-0.1, -0.05) is 13.8 Å². The van der Waals surface area contributed by atoms with Gasteiger partial charge in [0.1, 0.15) is 0 Å². The van der Waals surface area contributed by atoms with Crippen molar-refractivity contribution in [3.63, 3.8) is 0 Å². The van der Waals surface area contributed by atoms with Gasteiger partial charge in [-0.25, -0.2) is 0 Å². The van der Waals surface area contributed by atoms with Crippen LogP contribution in [0, 0.1) is 11.8 Å². The molecule has 2 fully saturated rings. The molecule has 1 saturated heterocycles. The first-order valence-corrected chi connectivity index (χ1v) is 7.14. The van der Waals surface area contributed by atoms with Crippen molar-refractivity contribution in [1.29, 1.82) is 0 Å². The van der Waals surface area contributed by atoms with E-state index >= 15 is 0 Å². The Labute approximate surface area is 106 Å². The Morgan fingerprint density at radius 1 is 1.18 bits per heavy atom. The van der Waals surface area contributed by atoms with Crippen molar-refractivity contribution >= 4 is 0 Å². The normalized spacial score (nSPS) is 44.8. The van der Waals surface area contributed by atoms with Gasteiger partial charge in [0, 0.05) is 25.7 Å². The lowest BCUT2D eigenvalue weighted by Crippen LogP contribution is -2.56. The summed E-state index contributed by atoms with van der Waals surface area (Å²) in [6.45, 7) is 6.93. The average Bonchev–Trinajstić information content (AvgIpc) is 2.33. The van der Waals surface area contributed by atoms with Gasteiger partial charge in [-0.05, 0) is 44.1 Å². The number of nitrogens with zero attached hydrogens (tertiary/aromatic N) is 1. The van der Waals surface area contributed by atoms with Crippen molar-refractivity contribution in [2.75, 3.05) is 20.2 Å². The molecule has 3 heteroatoms. The average molecular weight is 240 g/mol. The molecule has 1 saturated carbocycles. The fraction of sp³-hybridized carbons (Fsp3) is 1.00. The highest BCUT2D eigenvalue weighted by Gasteiger charge is 2.35. The van der Waals surface area contributed by atoms with E-state index in [2.05, 4.69) is 18.7 Å². The van der Waals surface area contributed by atoms with Crippen LogP contribution in [0.15, 0.2) is 0 Å². The van der Waals surface area contributed by atoms with Crippen molar-refractivity contribution in [1.82, 2.24) is 4.90 Å². The smallest absolute Gasteiger partial charge is 0.0724 e. The van der Waals surface area contributed by atoms with Gasteiger partial charge < -0.3 is 10.5 Å². The quantitative estimate of drug-likeness (QED) is 0.800. The summed E-state index contributed by atoms with van der Waals surface area (Å²) in [6, 6.07) is 0.959. The second-order valence-corrected chi connectivity index (χ2v) is 6.18. The molecule has 0 aromatic heterocycles. The zero-order valence-electron chi connectivity index (χ0n) is 11.6. The summed E-state index contributed by atoms with van der Waals surface area (Å²) < 4.78 is 5.60. The van der Waals surface area contributed by atoms with E-state index in [0.29, 0.717) is 24.1 Å². The third kappa shape index (κ3) is 3.01. The third-order valence-corrected chi connectivity index (χ3v) is 4.82. The largest absolute Gasteiger partial charge is 0.380 e. The molecule has 0 amide bonds. The molecule has 5 atom stereocenters. The van der Waals surface area contributed by atoms with Crippen LogP contribution >= 0.6 is 0 Å². The van der Waals surface area contributed by atoms with Crippen LogP contribution in [0.1, 0.15) is 39.5 Å². The summed E-state index contributed by atoms with van der Waals surface area (Å²) in [7, 11) is 1.84. The summed E-state index contributed by atoms with van der Waals surface area (Å²) in [5, 5.41) is 0. The Kier molecular flexibility index (Phi) is 4.45. The Morgan fingerprint density at radius 2 is 1.94 bits per heavy atom. The van der Waals surface area contributed by atoms with Gasteiger partial charge in [0.15, 0.2) is 0 Å². The van der Waals surface area contributed by atoms with Crippen LogP contribution in [0.5, 0.6) is 0 Å². The summed E-state index contributed by atoms with van der Waals surface area (Å²) in [4.78, 5) is 2.59. The highest BCUT2D eigenvalue weighted by molar-refractivity contribution is 4.91. The fourth-order valence-corrected chi connectivity index (χ4v) is 3.46. The van der Waals surface area contributed by atoms with Crippen LogP contribution in [0.4, 0.5) is 0 Å². The number of ether oxygens (including phenoxy) is 1. The number of likely N-dealkylation sites (tertiary alicyclic amines) is 1. The number of nitrogens with two attached hydrogens (primary N) is 1. The maximum Gasteiger partial charge on any atom is 0.0724 e. The standard InChI is InChI=1S/C14H28N2O/c1-10-4-5-12(15)13(8-10)16-7-6-11(2)14(9-16)17-3/h10-14H,4-9,15H2,1-3H3. The zero-order valence-corrected chi connectivity index (χ0v) is 11.6. The Balaban J connectivity index is 1.96. The first-order valence-electron chi connectivity index (χ1n) is 7.14. The van der Waals surface area contributed by atoms with Gasteiger partial charge in [-0.2, -0.15) is 0 Å². The lowest BCUT2D eigenvalue weighted by molar-refractivity contribution is -0.0304. The molecule has 0 spiro atoms. The fourth-order valence-electron chi connectivity index (χ4n) is 3.46. The number of hydrogen-bond donors (Lipinski definition) is 1. The molecule has 0 aromatic carbocycles. The molecule has 0 aromatic rings. The number of hydrogen-bond acceptors (Lipinski definition) is 3. The van der Waals surface area contributed by atoms with E-state index in [9.17, 15) is 0 Å². The van der Waals surface area contributed by atoms with E-state index in [4.69, 9.17) is 10.5 Å². The van der Waals surface area contributed by atoms with Gasteiger partial charge in [0.05, 0.1) is 6.10 Å². The minimum Gasteiger partial charge on any atom is -0.380 e. The molecule has 2 N–H and O–H groups in total. The van der Waals surface area contributed by atoms with Crippen LogP contribution in [-0.4, -0.2) is 43.3 Å². The summed E-state index contributed by atoms with van der Waals surface area (Å²) in [6.07, 6.45) is 5.40. The van der Waals surface area contributed by atoms with E-state index < -0.39 is 0 Å². The topological polar surface area (TPSA) is 38.5 Å². The Morgan fingerprint density at radius 3 is 2.65 bits per heavy atom. The minimum absolute atomic E-state index is 0.372. The predicted molar refractivity (Wildman–Crippen MR) is 70.9 cm³/mol. The first-order chi connectivity index (χ1) is 8.11. The molecular weight excluding hydrogens is 212 g/mol. The maximum absolute atomic E-state index is 6.31. The molecule has 1 aliphatic heterocycles. The molecule has 100 valence electrons. The summed E-state index contributed by atoms with van der Waals surface area (Å²) in [5.41, 5.74) is 6.31. The lowest BCUT2D eigenvalue weighted by Gasteiger charge is -2.45. The van der Waals surface area contributed by atoms with E-state index in [1.807, 2.05) is 7.11 Å². The van der Waals surface area contributed by atoms with Crippen LogP contribution in [0.2, 0.25) is 0 Å². The minimum atomic E-state index is 0.372. The molecule has 5 unspecified atom stereocenters. The maximum atomic E-state index is 6.31. The van der Waals surface area contributed by atoms with E-state index in [1.165, 1.54) is 32.2 Å². The van der Waals surface area contributed by atoms with Crippen LogP contribution in [0.3, 0.4) is 0 Å². The molecule has 2 rings (SSSR count). The van der Waals surface area contributed by atoms with Gasteiger partial charge in [0.2, 0.25) is 0 Å². The SMILES string of the molecule is COC1CN(C2CC(C)CCC2N)CCC1C. The summed E-state index contributed by atoms with van der Waals surface area (Å²) >= 11 is 0. The number of rotatable bonds is 2.